The maximum absolute atomic E-state index is 13.0. The number of hydrogen-bond acceptors (Lipinski definition) is 2. The number of carbonyl (C=O) groups is 1. The summed E-state index contributed by atoms with van der Waals surface area (Å²) >= 11 is 0. The molecule has 6 heteroatoms. The molecule has 0 saturated carbocycles. The van der Waals surface area contributed by atoms with Crippen LogP contribution in [0, 0.1) is 12.7 Å². The van der Waals surface area contributed by atoms with E-state index in [2.05, 4.69) is 10.6 Å². The van der Waals surface area contributed by atoms with Crippen molar-refractivity contribution in [3.63, 3.8) is 0 Å². The monoisotopic (exact) mass is 258 g/mol. The van der Waals surface area contributed by atoms with Gasteiger partial charge in [0.2, 0.25) is 5.91 Å². The highest BCUT2D eigenvalue weighted by molar-refractivity contribution is 5.95. The van der Waals surface area contributed by atoms with Crippen LogP contribution >= 0.6 is 0 Å². The van der Waals surface area contributed by atoms with E-state index in [0.717, 1.165) is 0 Å². The van der Waals surface area contributed by atoms with Crippen molar-refractivity contribution < 1.29 is 18.0 Å². The molecule has 1 amide bonds. The molecular formula is C12H13F3N2O. The van der Waals surface area contributed by atoms with Crippen LogP contribution in [0.3, 0.4) is 0 Å². The molecule has 0 aromatic heterocycles. The Hall–Kier alpha value is -1.56. The summed E-state index contributed by atoms with van der Waals surface area (Å²) in [6.45, 7) is 1.07. The largest absolute Gasteiger partial charge is 0.325 e. The first kappa shape index (κ1) is 12.9. The fraction of sp³-hybridized carbons (Fsp3) is 0.417. The van der Waals surface area contributed by atoms with Gasteiger partial charge in [-0.25, -0.2) is 13.2 Å². The van der Waals surface area contributed by atoms with Gasteiger partial charge < -0.3 is 5.32 Å². The van der Waals surface area contributed by atoms with Crippen molar-refractivity contribution in [2.45, 2.75) is 25.3 Å². The Bertz CT molecular complexity index is 476. The Morgan fingerprint density at radius 2 is 2.22 bits per heavy atom. The predicted octanol–water partition coefficient (Wildman–Crippen LogP) is 2.07. The number of aryl methyl sites for hydroxylation is 1. The minimum atomic E-state index is -2.85. The van der Waals surface area contributed by atoms with Crippen LogP contribution in [-0.2, 0) is 4.79 Å². The van der Waals surface area contributed by atoms with Gasteiger partial charge >= 0.3 is 0 Å². The van der Waals surface area contributed by atoms with Crippen LogP contribution in [0.15, 0.2) is 18.2 Å². The minimum absolute atomic E-state index is 0.376. The van der Waals surface area contributed by atoms with Crippen molar-refractivity contribution in [2.24, 2.45) is 0 Å². The molecule has 1 atom stereocenters. The SMILES string of the molecule is Cc1cc(NC(=O)C2CC(F)(F)CN2)ccc1F. The van der Waals surface area contributed by atoms with Gasteiger partial charge in [0.05, 0.1) is 12.6 Å². The van der Waals surface area contributed by atoms with Crippen molar-refractivity contribution in [1.82, 2.24) is 5.32 Å². The first-order chi connectivity index (χ1) is 8.37. The van der Waals surface area contributed by atoms with Crippen LogP contribution < -0.4 is 10.6 Å². The molecule has 2 N–H and O–H groups in total. The number of benzene rings is 1. The molecule has 1 saturated heterocycles. The molecule has 1 aromatic rings. The highest BCUT2D eigenvalue weighted by Gasteiger charge is 2.42. The molecule has 98 valence electrons. The number of nitrogens with one attached hydrogen (secondary N) is 2. The first-order valence-electron chi connectivity index (χ1n) is 5.56. The zero-order valence-corrected chi connectivity index (χ0v) is 9.77. The average molecular weight is 258 g/mol. The molecule has 1 aliphatic heterocycles. The van der Waals surface area contributed by atoms with Crippen LogP contribution in [-0.4, -0.2) is 24.4 Å². The molecule has 1 fully saturated rings. The lowest BCUT2D eigenvalue weighted by molar-refractivity contribution is -0.118. The Labute approximate surface area is 102 Å². The van der Waals surface area contributed by atoms with Gasteiger partial charge in [-0.15, -0.1) is 0 Å². The Morgan fingerprint density at radius 1 is 1.50 bits per heavy atom. The lowest BCUT2D eigenvalue weighted by Gasteiger charge is -2.11. The number of halogens is 3. The Morgan fingerprint density at radius 3 is 2.78 bits per heavy atom. The fourth-order valence-corrected chi connectivity index (χ4v) is 1.85. The lowest BCUT2D eigenvalue weighted by Crippen LogP contribution is -2.35. The second-order valence-corrected chi connectivity index (χ2v) is 4.45. The summed E-state index contributed by atoms with van der Waals surface area (Å²) in [5.74, 6) is -3.75. The standard InChI is InChI=1S/C12H13F3N2O/c1-7-4-8(2-3-9(7)13)17-11(18)10-5-12(14,15)6-16-10/h2-4,10,16H,5-6H2,1H3,(H,17,18). The number of rotatable bonds is 2. The molecule has 1 aromatic carbocycles. The quantitative estimate of drug-likeness (QED) is 0.852. The fourth-order valence-electron chi connectivity index (χ4n) is 1.85. The predicted molar refractivity (Wildman–Crippen MR) is 61.1 cm³/mol. The Balaban J connectivity index is 2.01. The third-order valence-corrected chi connectivity index (χ3v) is 2.85. The zero-order valence-electron chi connectivity index (χ0n) is 9.77. The summed E-state index contributed by atoms with van der Waals surface area (Å²) in [5, 5.41) is 4.95. The van der Waals surface area contributed by atoms with Crippen molar-refractivity contribution in [2.75, 3.05) is 11.9 Å². The molecule has 0 spiro atoms. The summed E-state index contributed by atoms with van der Waals surface area (Å²) in [4.78, 5) is 11.7. The van der Waals surface area contributed by atoms with Gasteiger partial charge in [0.15, 0.2) is 0 Å². The maximum Gasteiger partial charge on any atom is 0.262 e. The van der Waals surface area contributed by atoms with Gasteiger partial charge in [0.1, 0.15) is 5.82 Å². The second-order valence-electron chi connectivity index (χ2n) is 4.45. The molecule has 1 unspecified atom stereocenters. The van der Waals surface area contributed by atoms with Gasteiger partial charge in [-0.1, -0.05) is 0 Å². The normalized spacial score (nSPS) is 21.9. The van der Waals surface area contributed by atoms with Crippen LogP contribution in [0.2, 0.25) is 0 Å². The molecular weight excluding hydrogens is 245 g/mol. The molecule has 0 radical (unpaired) electrons. The smallest absolute Gasteiger partial charge is 0.262 e. The first-order valence-corrected chi connectivity index (χ1v) is 5.56. The van der Waals surface area contributed by atoms with Gasteiger partial charge in [0, 0.05) is 12.1 Å². The van der Waals surface area contributed by atoms with E-state index in [1.807, 2.05) is 0 Å². The van der Waals surface area contributed by atoms with Gasteiger partial charge in [-0.2, -0.15) is 0 Å². The van der Waals surface area contributed by atoms with E-state index in [-0.39, 0.29) is 5.82 Å². The number of alkyl halides is 2. The highest BCUT2D eigenvalue weighted by atomic mass is 19.3. The number of anilines is 1. The molecule has 1 aliphatic rings. The van der Waals surface area contributed by atoms with Crippen molar-refractivity contribution in [3.8, 4) is 0 Å². The van der Waals surface area contributed by atoms with Crippen molar-refractivity contribution in [3.05, 3.63) is 29.6 Å². The second kappa shape index (κ2) is 4.61. The van der Waals surface area contributed by atoms with E-state index in [1.54, 1.807) is 6.92 Å². The minimum Gasteiger partial charge on any atom is -0.325 e. The topological polar surface area (TPSA) is 41.1 Å². The summed E-state index contributed by atoms with van der Waals surface area (Å²) < 4.78 is 38.9. The lowest BCUT2D eigenvalue weighted by atomic mass is 10.1. The zero-order chi connectivity index (χ0) is 13.3. The van der Waals surface area contributed by atoms with Crippen LogP contribution in [0.4, 0.5) is 18.9 Å². The Kier molecular flexibility index (Phi) is 3.30. The molecule has 3 nitrogen and oxygen atoms in total. The third-order valence-electron chi connectivity index (χ3n) is 2.85. The van der Waals surface area contributed by atoms with E-state index in [4.69, 9.17) is 0 Å². The van der Waals surface area contributed by atoms with Gasteiger partial charge in [-0.3, -0.25) is 10.1 Å². The maximum atomic E-state index is 13.0. The van der Waals surface area contributed by atoms with E-state index >= 15 is 0 Å². The van der Waals surface area contributed by atoms with E-state index < -0.39 is 30.8 Å². The number of amides is 1. The third kappa shape index (κ3) is 2.81. The number of carbonyl (C=O) groups excluding carboxylic acids is 1. The molecule has 0 aliphatic carbocycles. The van der Waals surface area contributed by atoms with E-state index in [0.29, 0.717) is 11.3 Å². The summed E-state index contributed by atoms with van der Waals surface area (Å²) in [5.41, 5.74) is 0.786. The van der Waals surface area contributed by atoms with Crippen LogP contribution in [0.25, 0.3) is 0 Å². The molecule has 1 heterocycles. The van der Waals surface area contributed by atoms with Gasteiger partial charge in [0.25, 0.3) is 5.92 Å². The van der Waals surface area contributed by atoms with E-state index in [9.17, 15) is 18.0 Å². The van der Waals surface area contributed by atoms with Crippen molar-refractivity contribution >= 4 is 11.6 Å². The highest BCUT2D eigenvalue weighted by Crippen LogP contribution is 2.25. The van der Waals surface area contributed by atoms with Crippen LogP contribution in [0.1, 0.15) is 12.0 Å². The van der Waals surface area contributed by atoms with E-state index in [1.165, 1.54) is 18.2 Å². The summed E-state index contributed by atoms with van der Waals surface area (Å²) in [7, 11) is 0. The molecule has 0 bridgehead atoms. The van der Waals surface area contributed by atoms with Gasteiger partial charge in [-0.05, 0) is 30.7 Å². The summed E-state index contributed by atoms with van der Waals surface area (Å²) in [6.07, 6.45) is -0.515. The summed E-state index contributed by atoms with van der Waals surface area (Å²) in [6, 6.07) is 3.17. The number of hydrogen-bond donors (Lipinski definition) is 2. The molecule has 18 heavy (non-hydrogen) atoms. The van der Waals surface area contributed by atoms with Crippen molar-refractivity contribution in [1.29, 1.82) is 0 Å². The molecule has 2 rings (SSSR count). The average Bonchev–Trinajstić information content (AvgIpc) is 2.64. The van der Waals surface area contributed by atoms with Crippen LogP contribution in [0.5, 0.6) is 0 Å².